The van der Waals surface area contributed by atoms with Crippen molar-refractivity contribution >= 4 is 17.5 Å². The molecule has 1 spiro atoms. The molecule has 0 bridgehead atoms. The third kappa shape index (κ3) is 3.88. The molecule has 6 nitrogen and oxygen atoms in total. The van der Waals surface area contributed by atoms with Gasteiger partial charge in [-0.1, -0.05) is 25.3 Å². The number of urea groups is 1. The lowest BCUT2D eigenvalue weighted by Gasteiger charge is -2.40. The zero-order chi connectivity index (χ0) is 21.4. The SMILES string of the molecule is COc1ccc(N2CC3(CCCCC3)N(c3cccc(OC(F)(F)F)c3)C2=O)nc1. The Bertz CT molecular complexity index is 912. The normalized spacial score (nSPS) is 18.7. The Morgan fingerprint density at radius 2 is 1.83 bits per heavy atom. The number of carbonyl (C=O) groups excluding carboxylic acids is 1. The molecule has 9 heteroatoms. The van der Waals surface area contributed by atoms with Crippen LogP contribution in [0.3, 0.4) is 0 Å². The lowest BCUT2D eigenvalue weighted by atomic mass is 9.81. The third-order valence-corrected chi connectivity index (χ3v) is 5.68. The summed E-state index contributed by atoms with van der Waals surface area (Å²) in [4.78, 5) is 21.0. The summed E-state index contributed by atoms with van der Waals surface area (Å²) in [7, 11) is 1.53. The number of hydrogen-bond donors (Lipinski definition) is 0. The van der Waals surface area contributed by atoms with E-state index in [-0.39, 0.29) is 11.8 Å². The van der Waals surface area contributed by atoms with E-state index in [0.29, 0.717) is 23.8 Å². The fraction of sp³-hybridized carbons (Fsp3) is 0.429. The second-order valence-corrected chi connectivity index (χ2v) is 7.59. The molecule has 160 valence electrons. The summed E-state index contributed by atoms with van der Waals surface area (Å²) in [6.07, 6.45) is 1.26. The molecule has 0 atom stereocenters. The number of nitrogens with zero attached hydrogens (tertiary/aromatic N) is 3. The first-order valence-corrected chi connectivity index (χ1v) is 9.79. The van der Waals surface area contributed by atoms with Gasteiger partial charge in [0.05, 0.1) is 25.4 Å². The van der Waals surface area contributed by atoms with E-state index in [1.165, 1.54) is 31.5 Å². The van der Waals surface area contributed by atoms with Crippen LogP contribution in [0.5, 0.6) is 11.5 Å². The van der Waals surface area contributed by atoms with Crippen LogP contribution in [0, 0.1) is 0 Å². The van der Waals surface area contributed by atoms with Crippen molar-refractivity contribution in [1.29, 1.82) is 0 Å². The third-order valence-electron chi connectivity index (χ3n) is 5.68. The first kappa shape index (κ1) is 20.3. The summed E-state index contributed by atoms with van der Waals surface area (Å²) in [6.45, 7) is 0.426. The molecule has 2 fully saturated rings. The molecule has 2 amide bonds. The second-order valence-electron chi connectivity index (χ2n) is 7.59. The van der Waals surface area contributed by atoms with Gasteiger partial charge in [0.1, 0.15) is 17.3 Å². The van der Waals surface area contributed by atoms with Crippen LogP contribution in [0.2, 0.25) is 0 Å². The highest BCUT2D eigenvalue weighted by Gasteiger charge is 2.51. The van der Waals surface area contributed by atoms with E-state index in [1.54, 1.807) is 28.0 Å². The number of pyridine rings is 1. The van der Waals surface area contributed by atoms with Crippen molar-refractivity contribution in [3.05, 3.63) is 42.6 Å². The van der Waals surface area contributed by atoms with Gasteiger partial charge in [0, 0.05) is 11.8 Å². The molecule has 1 aromatic carbocycles. The van der Waals surface area contributed by atoms with Gasteiger partial charge in [-0.25, -0.2) is 9.78 Å². The fourth-order valence-corrected chi connectivity index (χ4v) is 4.38. The van der Waals surface area contributed by atoms with Crippen molar-refractivity contribution in [2.24, 2.45) is 0 Å². The second kappa shape index (κ2) is 7.70. The van der Waals surface area contributed by atoms with E-state index in [2.05, 4.69) is 9.72 Å². The molecule has 2 aromatic rings. The van der Waals surface area contributed by atoms with Gasteiger partial charge in [-0.2, -0.15) is 0 Å². The van der Waals surface area contributed by atoms with E-state index in [4.69, 9.17) is 4.74 Å². The zero-order valence-corrected chi connectivity index (χ0v) is 16.5. The van der Waals surface area contributed by atoms with Crippen molar-refractivity contribution in [2.45, 2.75) is 44.0 Å². The Labute approximate surface area is 172 Å². The van der Waals surface area contributed by atoms with Crippen LogP contribution in [0.1, 0.15) is 32.1 Å². The molecular formula is C21H22F3N3O3. The number of aromatic nitrogens is 1. The van der Waals surface area contributed by atoms with Crippen LogP contribution >= 0.6 is 0 Å². The Hall–Kier alpha value is -2.97. The Balaban J connectivity index is 1.71. The van der Waals surface area contributed by atoms with E-state index >= 15 is 0 Å². The zero-order valence-electron chi connectivity index (χ0n) is 16.5. The van der Waals surface area contributed by atoms with Gasteiger partial charge in [-0.05, 0) is 37.1 Å². The molecule has 0 unspecified atom stereocenters. The summed E-state index contributed by atoms with van der Waals surface area (Å²) in [5.74, 6) is 0.711. The summed E-state index contributed by atoms with van der Waals surface area (Å²) < 4.78 is 47.3. The minimum absolute atomic E-state index is 0.307. The summed E-state index contributed by atoms with van der Waals surface area (Å²) in [5.41, 5.74) is -0.104. The molecule has 0 radical (unpaired) electrons. The average Bonchev–Trinajstić information content (AvgIpc) is 2.99. The first-order chi connectivity index (χ1) is 14.3. The van der Waals surface area contributed by atoms with Crippen LogP contribution in [-0.4, -0.2) is 36.6 Å². The largest absolute Gasteiger partial charge is 0.573 e. The van der Waals surface area contributed by atoms with Crippen molar-refractivity contribution in [1.82, 2.24) is 4.98 Å². The maximum Gasteiger partial charge on any atom is 0.573 e. The van der Waals surface area contributed by atoms with Gasteiger partial charge in [0.15, 0.2) is 0 Å². The topological polar surface area (TPSA) is 54.9 Å². The molecule has 1 aromatic heterocycles. The number of ether oxygens (including phenoxy) is 2. The number of alkyl halides is 3. The lowest BCUT2D eigenvalue weighted by molar-refractivity contribution is -0.274. The van der Waals surface area contributed by atoms with Gasteiger partial charge in [0.25, 0.3) is 0 Å². The van der Waals surface area contributed by atoms with E-state index in [0.717, 1.165) is 32.1 Å². The predicted molar refractivity (Wildman–Crippen MR) is 105 cm³/mol. The number of hydrogen-bond acceptors (Lipinski definition) is 4. The number of rotatable bonds is 4. The van der Waals surface area contributed by atoms with Crippen molar-refractivity contribution in [2.75, 3.05) is 23.5 Å². The van der Waals surface area contributed by atoms with Crippen molar-refractivity contribution in [3.8, 4) is 11.5 Å². The van der Waals surface area contributed by atoms with Crippen LogP contribution < -0.4 is 19.3 Å². The minimum Gasteiger partial charge on any atom is -0.495 e. The quantitative estimate of drug-likeness (QED) is 0.686. The maximum atomic E-state index is 13.4. The van der Waals surface area contributed by atoms with Gasteiger partial charge >= 0.3 is 12.4 Å². The number of halogens is 3. The van der Waals surface area contributed by atoms with Crippen molar-refractivity contribution in [3.63, 3.8) is 0 Å². The van der Waals surface area contributed by atoms with Crippen LogP contribution in [0.4, 0.5) is 29.5 Å². The molecular weight excluding hydrogens is 399 g/mol. The first-order valence-electron chi connectivity index (χ1n) is 9.79. The average molecular weight is 421 g/mol. The molecule has 1 aliphatic carbocycles. The molecule has 4 rings (SSSR count). The van der Waals surface area contributed by atoms with Crippen LogP contribution in [-0.2, 0) is 0 Å². The highest BCUT2D eigenvalue weighted by Crippen LogP contribution is 2.44. The predicted octanol–water partition coefficient (Wildman–Crippen LogP) is 5.14. The molecule has 2 aliphatic rings. The van der Waals surface area contributed by atoms with Gasteiger partial charge in [-0.3, -0.25) is 9.80 Å². The molecule has 2 heterocycles. The van der Waals surface area contributed by atoms with E-state index in [9.17, 15) is 18.0 Å². The summed E-state index contributed by atoms with van der Waals surface area (Å²) in [5, 5.41) is 0. The summed E-state index contributed by atoms with van der Waals surface area (Å²) >= 11 is 0. The van der Waals surface area contributed by atoms with E-state index < -0.39 is 11.9 Å². The Morgan fingerprint density at radius 3 is 2.47 bits per heavy atom. The van der Waals surface area contributed by atoms with Gasteiger partial charge in [0.2, 0.25) is 0 Å². The van der Waals surface area contributed by atoms with Gasteiger partial charge in [-0.15, -0.1) is 13.2 Å². The monoisotopic (exact) mass is 421 g/mol. The Morgan fingerprint density at radius 1 is 1.07 bits per heavy atom. The van der Waals surface area contributed by atoms with Crippen LogP contribution in [0.25, 0.3) is 0 Å². The minimum atomic E-state index is -4.80. The number of anilines is 2. The standard InChI is InChI=1S/C21H22F3N3O3/c1-29-17-8-9-18(25-13-17)26-14-20(10-3-2-4-11-20)27(19(26)28)15-6-5-7-16(12-15)30-21(22,23)24/h5-9,12-13H,2-4,10-11,14H2,1H3. The fourth-order valence-electron chi connectivity index (χ4n) is 4.38. The maximum absolute atomic E-state index is 13.4. The number of benzene rings is 1. The molecule has 1 saturated heterocycles. The molecule has 30 heavy (non-hydrogen) atoms. The highest BCUT2D eigenvalue weighted by molar-refractivity contribution is 6.07. The van der Waals surface area contributed by atoms with Crippen LogP contribution in [0.15, 0.2) is 42.6 Å². The van der Waals surface area contributed by atoms with Gasteiger partial charge < -0.3 is 9.47 Å². The number of amides is 2. The Kier molecular flexibility index (Phi) is 5.21. The number of methoxy groups -OCH3 is 1. The molecule has 0 N–H and O–H groups in total. The van der Waals surface area contributed by atoms with Crippen molar-refractivity contribution < 1.29 is 27.4 Å². The summed E-state index contributed by atoms with van der Waals surface area (Å²) in [6, 6.07) is 8.74. The smallest absolute Gasteiger partial charge is 0.495 e. The van der Waals surface area contributed by atoms with E-state index in [1.807, 2.05) is 0 Å². The molecule has 1 aliphatic heterocycles. The lowest BCUT2D eigenvalue weighted by Crippen LogP contribution is -2.48. The highest BCUT2D eigenvalue weighted by atomic mass is 19.4. The number of carbonyl (C=O) groups is 1. The molecule has 1 saturated carbocycles.